The van der Waals surface area contributed by atoms with Gasteiger partial charge in [0.1, 0.15) is 5.82 Å². The zero-order valence-electron chi connectivity index (χ0n) is 18.7. The largest absolute Gasteiger partial charge is 0.339 e. The first kappa shape index (κ1) is 21.3. The van der Waals surface area contributed by atoms with E-state index in [9.17, 15) is 0 Å². The van der Waals surface area contributed by atoms with Crippen LogP contribution in [-0.4, -0.2) is 42.9 Å². The van der Waals surface area contributed by atoms with Gasteiger partial charge in [-0.3, -0.25) is 4.99 Å². The summed E-state index contributed by atoms with van der Waals surface area (Å²) in [5.74, 6) is 1.38. The van der Waals surface area contributed by atoms with E-state index in [0.717, 1.165) is 47.5 Å². The van der Waals surface area contributed by atoms with E-state index < -0.39 is 0 Å². The van der Waals surface area contributed by atoms with Gasteiger partial charge in [0, 0.05) is 49.9 Å². The summed E-state index contributed by atoms with van der Waals surface area (Å²) in [7, 11) is 3.89. The van der Waals surface area contributed by atoms with Crippen molar-refractivity contribution in [1.29, 1.82) is 0 Å². The molecule has 0 saturated carbocycles. The Morgan fingerprint density at radius 1 is 1.23 bits per heavy atom. The van der Waals surface area contributed by atoms with Crippen LogP contribution in [0.15, 0.2) is 65.7 Å². The van der Waals surface area contributed by atoms with Gasteiger partial charge in [-0.2, -0.15) is 0 Å². The van der Waals surface area contributed by atoms with Gasteiger partial charge in [0.25, 0.3) is 0 Å². The zero-order valence-corrected chi connectivity index (χ0v) is 18.7. The van der Waals surface area contributed by atoms with Crippen molar-refractivity contribution in [3.8, 4) is 0 Å². The Labute approximate surface area is 184 Å². The Morgan fingerprint density at radius 2 is 2.03 bits per heavy atom. The molecule has 162 valence electrons. The number of anilines is 1. The second-order valence-electron chi connectivity index (χ2n) is 8.30. The monoisotopic (exact) mass is 416 g/mol. The van der Waals surface area contributed by atoms with Gasteiger partial charge in [0.05, 0.1) is 11.4 Å². The van der Waals surface area contributed by atoms with Crippen molar-refractivity contribution in [3.63, 3.8) is 0 Å². The lowest BCUT2D eigenvalue weighted by Gasteiger charge is -2.22. The van der Waals surface area contributed by atoms with Gasteiger partial charge in [-0.05, 0) is 61.5 Å². The highest BCUT2D eigenvalue weighted by molar-refractivity contribution is 5.92. The molecule has 0 unspecified atom stereocenters. The van der Waals surface area contributed by atoms with Crippen LogP contribution in [0, 0.1) is 5.92 Å². The minimum atomic E-state index is 0.596. The number of aromatic nitrogens is 1. The first-order valence-corrected chi connectivity index (χ1v) is 11.0. The molecule has 0 aliphatic carbocycles. The number of rotatable bonds is 7. The SMILES string of the molecule is C=C(Nc1cc2cc(/C(C)=C/N(C)NC)ccc2cn1)C1=CCC(C2CCNCC2)=N1. The lowest BCUT2D eigenvalue weighted by atomic mass is 9.92. The molecular weight excluding hydrogens is 384 g/mol. The fraction of sp³-hybridized carbons (Fsp3) is 0.360. The summed E-state index contributed by atoms with van der Waals surface area (Å²) in [5.41, 5.74) is 8.50. The molecule has 2 aromatic rings. The van der Waals surface area contributed by atoms with Crippen LogP contribution in [0.3, 0.4) is 0 Å². The average molecular weight is 417 g/mol. The third-order valence-electron chi connectivity index (χ3n) is 6.08. The Morgan fingerprint density at radius 3 is 2.81 bits per heavy atom. The van der Waals surface area contributed by atoms with E-state index in [0.29, 0.717) is 5.92 Å². The number of benzene rings is 1. The van der Waals surface area contributed by atoms with Gasteiger partial charge >= 0.3 is 0 Å². The van der Waals surface area contributed by atoms with E-state index in [1.165, 1.54) is 29.7 Å². The Balaban J connectivity index is 1.48. The first-order valence-electron chi connectivity index (χ1n) is 11.0. The molecule has 2 aliphatic rings. The van der Waals surface area contributed by atoms with Crippen LogP contribution in [0.4, 0.5) is 5.82 Å². The highest BCUT2D eigenvalue weighted by Gasteiger charge is 2.22. The van der Waals surface area contributed by atoms with Crippen LogP contribution < -0.4 is 16.1 Å². The van der Waals surface area contributed by atoms with Gasteiger partial charge in [-0.15, -0.1) is 0 Å². The maximum absolute atomic E-state index is 4.89. The molecule has 0 bridgehead atoms. The summed E-state index contributed by atoms with van der Waals surface area (Å²) in [6, 6.07) is 8.52. The normalized spacial score (nSPS) is 17.5. The molecule has 3 heterocycles. The Kier molecular flexibility index (Phi) is 6.49. The molecule has 3 N–H and O–H groups in total. The fourth-order valence-electron chi connectivity index (χ4n) is 4.15. The van der Waals surface area contributed by atoms with Crippen LogP contribution in [0.5, 0.6) is 0 Å². The molecule has 31 heavy (non-hydrogen) atoms. The fourth-order valence-corrected chi connectivity index (χ4v) is 4.15. The molecule has 6 heteroatoms. The van der Waals surface area contributed by atoms with Crippen molar-refractivity contribution in [2.45, 2.75) is 26.2 Å². The minimum absolute atomic E-state index is 0.596. The molecule has 6 nitrogen and oxygen atoms in total. The number of pyridine rings is 1. The van der Waals surface area contributed by atoms with Crippen LogP contribution in [0.25, 0.3) is 16.3 Å². The van der Waals surface area contributed by atoms with Gasteiger partial charge in [-0.1, -0.05) is 24.8 Å². The number of hydrogen-bond donors (Lipinski definition) is 3. The molecule has 4 rings (SSSR count). The summed E-state index contributed by atoms with van der Waals surface area (Å²) in [4.78, 5) is 9.46. The molecule has 2 aliphatic heterocycles. The summed E-state index contributed by atoms with van der Waals surface area (Å²) in [6.07, 6.45) is 9.44. The van der Waals surface area contributed by atoms with Crippen LogP contribution >= 0.6 is 0 Å². The van der Waals surface area contributed by atoms with E-state index in [-0.39, 0.29) is 0 Å². The van der Waals surface area contributed by atoms with E-state index >= 15 is 0 Å². The van der Waals surface area contributed by atoms with Gasteiger partial charge in [-0.25, -0.2) is 10.4 Å². The number of fused-ring (bicyclic) bond motifs is 1. The van der Waals surface area contributed by atoms with E-state index in [4.69, 9.17) is 4.99 Å². The van der Waals surface area contributed by atoms with Gasteiger partial charge < -0.3 is 15.6 Å². The standard InChI is InChI=1S/C25H32N6/c1-17(16-31(4)26-3)20-5-6-21-15-28-25(14-22(21)13-20)29-18(2)23-7-8-24(30-23)19-9-11-27-12-10-19/h5-7,13-16,19,26-27H,2,8-12H2,1,3-4H3,(H,28,29)/b17-16+. The maximum atomic E-state index is 4.89. The number of piperidine rings is 1. The maximum Gasteiger partial charge on any atom is 0.130 e. The predicted molar refractivity (Wildman–Crippen MR) is 131 cm³/mol. The van der Waals surface area contributed by atoms with Crippen LogP contribution in [0.1, 0.15) is 31.7 Å². The van der Waals surface area contributed by atoms with E-state index in [1.54, 1.807) is 0 Å². The topological polar surface area (TPSA) is 64.6 Å². The molecule has 0 amide bonds. The molecule has 1 aromatic carbocycles. The van der Waals surface area contributed by atoms with Crippen molar-refractivity contribution in [1.82, 2.24) is 20.7 Å². The van der Waals surface area contributed by atoms with Crippen LogP contribution in [-0.2, 0) is 0 Å². The van der Waals surface area contributed by atoms with Gasteiger partial charge in [0.2, 0.25) is 0 Å². The number of allylic oxidation sites excluding steroid dienone is 2. The Bertz CT molecular complexity index is 1060. The number of nitrogens with zero attached hydrogens (tertiary/aromatic N) is 3. The van der Waals surface area contributed by atoms with Crippen molar-refractivity contribution in [2.24, 2.45) is 10.9 Å². The molecule has 0 radical (unpaired) electrons. The van der Waals surface area contributed by atoms with E-state index in [2.05, 4.69) is 71.1 Å². The van der Waals surface area contributed by atoms with Crippen molar-refractivity contribution in [3.05, 3.63) is 66.3 Å². The summed E-state index contributed by atoms with van der Waals surface area (Å²) in [5, 5.41) is 11.0. The predicted octanol–water partition coefficient (Wildman–Crippen LogP) is 4.32. The third kappa shape index (κ3) is 5.03. The van der Waals surface area contributed by atoms with Crippen molar-refractivity contribution < 1.29 is 0 Å². The summed E-state index contributed by atoms with van der Waals surface area (Å²) in [6.45, 7) is 8.50. The number of hydrazine groups is 1. The quantitative estimate of drug-likeness (QED) is 0.587. The molecular formula is C25H32N6. The molecule has 0 spiro atoms. The molecule has 1 saturated heterocycles. The molecule has 1 aromatic heterocycles. The minimum Gasteiger partial charge on any atom is -0.339 e. The average Bonchev–Trinajstić information content (AvgIpc) is 3.29. The zero-order chi connectivity index (χ0) is 21.8. The lowest BCUT2D eigenvalue weighted by molar-refractivity contribution is 0.366. The molecule has 1 fully saturated rings. The highest BCUT2D eigenvalue weighted by atomic mass is 15.5. The Hall–Kier alpha value is -2.96. The summed E-state index contributed by atoms with van der Waals surface area (Å²) >= 11 is 0. The number of hydrogen-bond acceptors (Lipinski definition) is 6. The highest BCUT2D eigenvalue weighted by Crippen LogP contribution is 2.27. The first-order chi connectivity index (χ1) is 15.0. The second kappa shape index (κ2) is 9.45. The second-order valence-corrected chi connectivity index (χ2v) is 8.30. The number of aliphatic imine (C=N–C) groups is 1. The molecule has 0 atom stereocenters. The van der Waals surface area contributed by atoms with Crippen molar-refractivity contribution >= 4 is 27.9 Å². The third-order valence-corrected chi connectivity index (χ3v) is 6.08. The number of nitrogens with one attached hydrogen (secondary N) is 3. The summed E-state index contributed by atoms with van der Waals surface area (Å²) < 4.78 is 0. The van der Waals surface area contributed by atoms with Gasteiger partial charge in [0.15, 0.2) is 0 Å². The van der Waals surface area contributed by atoms with Crippen molar-refractivity contribution in [2.75, 3.05) is 32.5 Å². The smallest absolute Gasteiger partial charge is 0.130 e. The van der Waals surface area contributed by atoms with Crippen LogP contribution in [0.2, 0.25) is 0 Å². The van der Waals surface area contributed by atoms with E-state index in [1.807, 2.05) is 25.3 Å². The lowest BCUT2D eigenvalue weighted by Crippen LogP contribution is -2.31.